The number of carbonyl (C=O) groups is 2. The Kier molecular flexibility index (Phi) is 2.89. The first kappa shape index (κ1) is 13.6. The number of hydrogen-bond acceptors (Lipinski definition) is 4. The number of rotatable bonds is 3. The minimum atomic E-state index is -0.291. The molecule has 0 aromatic carbocycles. The summed E-state index contributed by atoms with van der Waals surface area (Å²) in [5.74, 6) is 0.181. The maximum absolute atomic E-state index is 12.8. The zero-order valence-corrected chi connectivity index (χ0v) is 12.8. The van der Waals surface area contributed by atoms with Crippen LogP contribution in [0, 0.1) is 29.6 Å². The molecule has 5 unspecified atom stereocenters. The Morgan fingerprint density at radius 2 is 2.00 bits per heavy atom. The molecular weight excluding hydrogens is 268 g/mol. The van der Waals surface area contributed by atoms with Crippen LogP contribution >= 0.6 is 0 Å². The third-order valence-electron chi connectivity index (χ3n) is 6.56. The number of hydrogen-bond donors (Lipinski definition) is 0. The average Bonchev–Trinajstić information content (AvgIpc) is 3.12. The van der Waals surface area contributed by atoms with E-state index in [0.29, 0.717) is 11.8 Å². The van der Waals surface area contributed by atoms with Gasteiger partial charge in [0.25, 0.3) is 0 Å². The monoisotopic (exact) mass is 292 g/mol. The number of fused-ring (bicyclic) bond motifs is 1. The SMILES string of the molecule is CC(C)C1(OC(=O)C2C3CC4OC(=O)C2C4C3)CCCC1. The molecule has 5 atom stereocenters. The van der Waals surface area contributed by atoms with Crippen LogP contribution in [-0.4, -0.2) is 23.6 Å². The lowest BCUT2D eigenvalue weighted by Gasteiger charge is -2.35. The summed E-state index contributed by atoms with van der Waals surface area (Å²) in [6.07, 6.45) is 6.12. The van der Waals surface area contributed by atoms with Gasteiger partial charge in [0.2, 0.25) is 0 Å². The summed E-state index contributed by atoms with van der Waals surface area (Å²) in [4.78, 5) is 24.8. The summed E-state index contributed by atoms with van der Waals surface area (Å²) in [5.41, 5.74) is -0.291. The van der Waals surface area contributed by atoms with Gasteiger partial charge in [0.05, 0.1) is 11.8 Å². The third-order valence-corrected chi connectivity index (χ3v) is 6.56. The topological polar surface area (TPSA) is 52.6 Å². The zero-order valence-electron chi connectivity index (χ0n) is 12.8. The second kappa shape index (κ2) is 4.47. The molecule has 0 radical (unpaired) electrons. The van der Waals surface area contributed by atoms with Crippen LogP contribution in [0.15, 0.2) is 0 Å². The Labute approximate surface area is 125 Å². The van der Waals surface area contributed by atoms with Crippen molar-refractivity contribution in [1.29, 1.82) is 0 Å². The summed E-state index contributed by atoms with van der Waals surface area (Å²) >= 11 is 0. The van der Waals surface area contributed by atoms with Crippen LogP contribution in [0.5, 0.6) is 0 Å². The minimum absolute atomic E-state index is 0.0853. The largest absolute Gasteiger partial charge is 0.462 e. The molecule has 116 valence electrons. The van der Waals surface area contributed by atoms with Crippen LogP contribution in [0.1, 0.15) is 52.4 Å². The van der Waals surface area contributed by atoms with Gasteiger partial charge >= 0.3 is 11.9 Å². The van der Waals surface area contributed by atoms with Crippen LogP contribution in [0.25, 0.3) is 0 Å². The third kappa shape index (κ3) is 1.80. The fourth-order valence-corrected chi connectivity index (χ4v) is 5.36. The Morgan fingerprint density at radius 3 is 2.67 bits per heavy atom. The minimum Gasteiger partial charge on any atom is -0.462 e. The van der Waals surface area contributed by atoms with E-state index in [1.165, 1.54) is 0 Å². The summed E-state index contributed by atoms with van der Waals surface area (Å²) in [6, 6.07) is 0. The first-order chi connectivity index (χ1) is 10.0. The lowest BCUT2D eigenvalue weighted by Crippen LogP contribution is -2.42. The Morgan fingerprint density at radius 1 is 1.29 bits per heavy atom. The predicted molar refractivity (Wildman–Crippen MR) is 75.2 cm³/mol. The van der Waals surface area contributed by atoms with Crippen LogP contribution < -0.4 is 0 Å². The highest BCUT2D eigenvalue weighted by Gasteiger charge is 2.65. The van der Waals surface area contributed by atoms with Crippen molar-refractivity contribution in [2.45, 2.75) is 64.1 Å². The van der Waals surface area contributed by atoms with E-state index in [4.69, 9.17) is 9.47 Å². The fraction of sp³-hybridized carbons (Fsp3) is 0.882. The molecule has 2 bridgehead atoms. The van der Waals surface area contributed by atoms with E-state index in [1.54, 1.807) is 0 Å². The van der Waals surface area contributed by atoms with Gasteiger partial charge in [0, 0.05) is 5.92 Å². The Balaban J connectivity index is 1.54. The van der Waals surface area contributed by atoms with Gasteiger partial charge in [-0.1, -0.05) is 13.8 Å². The van der Waals surface area contributed by atoms with Crippen molar-refractivity contribution in [3.05, 3.63) is 0 Å². The predicted octanol–water partition coefficient (Wildman–Crippen LogP) is 2.70. The van der Waals surface area contributed by atoms with Gasteiger partial charge < -0.3 is 9.47 Å². The van der Waals surface area contributed by atoms with Crippen molar-refractivity contribution < 1.29 is 19.1 Å². The van der Waals surface area contributed by atoms with Crippen molar-refractivity contribution in [2.75, 3.05) is 0 Å². The maximum Gasteiger partial charge on any atom is 0.310 e. The van der Waals surface area contributed by atoms with E-state index >= 15 is 0 Å². The van der Waals surface area contributed by atoms with Gasteiger partial charge in [-0.2, -0.15) is 0 Å². The molecule has 0 spiro atoms. The highest BCUT2D eigenvalue weighted by atomic mass is 16.6. The molecule has 0 N–H and O–H groups in total. The molecule has 0 aromatic heterocycles. The standard InChI is InChI=1S/C17H24O4/c1-9(2)17(5-3-4-6-17)21-16(19)13-10-7-11-12(8-10)20-15(18)14(11)13/h9-14H,3-8H2,1-2H3. The molecule has 1 saturated heterocycles. The van der Waals surface area contributed by atoms with Gasteiger partial charge in [0.1, 0.15) is 11.7 Å². The molecule has 3 aliphatic carbocycles. The lowest BCUT2D eigenvalue weighted by atomic mass is 9.79. The molecule has 4 aliphatic rings. The molecule has 0 amide bonds. The Bertz CT molecular complexity index is 475. The molecule has 3 saturated carbocycles. The van der Waals surface area contributed by atoms with E-state index in [-0.39, 0.29) is 41.4 Å². The molecule has 4 fully saturated rings. The van der Waals surface area contributed by atoms with Gasteiger partial charge in [-0.3, -0.25) is 9.59 Å². The normalized spacial score (nSPS) is 42.6. The maximum atomic E-state index is 12.8. The highest BCUT2D eigenvalue weighted by Crippen LogP contribution is 2.58. The fourth-order valence-electron chi connectivity index (χ4n) is 5.36. The smallest absolute Gasteiger partial charge is 0.310 e. The molecule has 21 heavy (non-hydrogen) atoms. The highest BCUT2D eigenvalue weighted by molar-refractivity contribution is 5.86. The second-order valence-corrected chi connectivity index (χ2v) is 7.77. The number of ether oxygens (including phenoxy) is 2. The van der Waals surface area contributed by atoms with E-state index in [9.17, 15) is 9.59 Å². The van der Waals surface area contributed by atoms with Gasteiger partial charge in [-0.05, 0) is 50.4 Å². The van der Waals surface area contributed by atoms with Gasteiger partial charge in [-0.25, -0.2) is 0 Å². The van der Waals surface area contributed by atoms with Crippen molar-refractivity contribution in [3.8, 4) is 0 Å². The molecule has 4 nitrogen and oxygen atoms in total. The van der Waals surface area contributed by atoms with Crippen LogP contribution in [0.4, 0.5) is 0 Å². The van der Waals surface area contributed by atoms with Gasteiger partial charge in [-0.15, -0.1) is 0 Å². The zero-order chi connectivity index (χ0) is 14.8. The first-order valence-electron chi connectivity index (χ1n) is 8.45. The quantitative estimate of drug-likeness (QED) is 0.750. The van der Waals surface area contributed by atoms with E-state index in [0.717, 1.165) is 38.5 Å². The first-order valence-corrected chi connectivity index (χ1v) is 8.45. The molecule has 4 heteroatoms. The molecule has 1 aliphatic heterocycles. The number of esters is 2. The second-order valence-electron chi connectivity index (χ2n) is 7.77. The average molecular weight is 292 g/mol. The van der Waals surface area contributed by atoms with Crippen LogP contribution in [0.3, 0.4) is 0 Å². The van der Waals surface area contributed by atoms with Crippen LogP contribution in [-0.2, 0) is 19.1 Å². The molecule has 0 aromatic rings. The summed E-state index contributed by atoms with van der Waals surface area (Å²) in [7, 11) is 0. The van der Waals surface area contributed by atoms with Crippen molar-refractivity contribution in [1.82, 2.24) is 0 Å². The lowest BCUT2D eigenvalue weighted by molar-refractivity contribution is -0.174. The molecule has 1 heterocycles. The summed E-state index contributed by atoms with van der Waals surface area (Å²) < 4.78 is 11.5. The summed E-state index contributed by atoms with van der Waals surface area (Å²) in [5, 5.41) is 0. The van der Waals surface area contributed by atoms with Crippen molar-refractivity contribution in [3.63, 3.8) is 0 Å². The van der Waals surface area contributed by atoms with Gasteiger partial charge in [0.15, 0.2) is 0 Å². The molecular formula is C17H24O4. The summed E-state index contributed by atoms with van der Waals surface area (Å²) in [6.45, 7) is 4.28. The van der Waals surface area contributed by atoms with E-state index < -0.39 is 0 Å². The van der Waals surface area contributed by atoms with Crippen molar-refractivity contribution >= 4 is 11.9 Å². The van der Waals surface area contributed by atoms with Crippen LogP contribution in [0.2, 0.25) is 0 Å². The Hall–Kier alpha value is -1.06. The molecule has 4 rings (SSSR count). The van der Waals surface area contributed by atoms with E-state index in [2.05, 4.69) is 13.8 Å². The number of carbonyl (C=O) groups excluding carboxylic acids is 2. The van der Waals surface area contributed by atoms with Crippen molar-refractivity contribution in [2.24, 2.45) is 29.6 Å². The van der Waals surface area contributed by atoms with E-state index in [1.807, 2.05) is 0 Å².